The van der Waals surface area contributed by atoms with Gasteiger partial charge >= 0.3 is 0 Å². The lowest BCUT2D eigenvalue weighted by Gasteiger charge is -2.22. The number of nitrogens with zero attached hydrogens (tertiary/aromatic N) is 2. The molecule has 0 amide bonds. The second kappa shape index (κ2) is 4.82. The van der Waals surface area contributed by atoms with Gasteiger partial charge in [0.25, 0.3) is 0 Å². The van der Waals surface area contributed by atoms with E-state index in [0.29, 0.717) is 5.92 Å². The fourth-order valence-electron chi connectivity index (χ4n) is 2.95. The highest BCUT2D eigenvalue weighted by molar-refractivity contribution is 5.92. The summed E-state index contributed by atoms with van der Waals surface area (Å²) in [6.07, 6.45) is 0.840. The lowest BCUT2D eigenvalue weighted by Crippen LogP contribution is -2.24. The van der Waals surface area contributed by atoms with Gasteiger partial charge in [-0.05, 0) is 32.4 Å². The van der Waals surface area contributed by atoms with Gasteiger partial charge in [0.2, 0.25) is 0 Å². The van der Waals surface area contributed by atoms with E-state index in [2.05, 4.69) is 34.1 Å². The predicted molar refractivity (Wildman–Crippen MR) is 78.5 cm³/mol. The van der Waals surface area contributed by atoms with Crippen molar-refractivity contribution < 1.29 is 5.11 Å². The molecule has 19 heavy (non-hydrogen) atoms. The summed E-state index contributed by atoms with van der Waals surface area (Å²) in [6.45, 7) is 5.89. The number of aromatic nitrogens is 1. The number of fused-ring (bicyclic) bond motifs is 1. The molecule has 3 heteroatoms. The summed E-state index contributed by atoms with van der Waals surface area (Å²) in [5.74, 6) is 0.382. The van der Waals surface area contributed by atoms with Crippen LogP contribution >= 0.6 is 0 Å². The molecule has 1 aromatic carbocycles. The van der Waals surface area contributed by atoms with Crippen LogP contribution in [0.2, 0.25) is 0 Å². The van der Waals surface area contributed by atoms with Crippen molar-refractivity contribution >= 4 is 16.6 Å². The van der Waals surface area contributed by atoms with Gasteiger partial charge in [-0.2, -0.15) is 0 Å². The molecule has 1 saturated heterocycles. The lowest BCUT2D eigenvalue weighted by molar-refractivity contribution is 0.136. The first-order valence-electron chi connectivity index (χ1n) is 6.94. The minimum atomic E-state index is -0.223. The van der Waals surface area contributed by atoms with Gasteiger partial charge in [0.05, 0.1) is 11.6 Å². The monoisotopic (exact) mass is 256 g/mol. The minimum absolute atomic E-state index is 0.223. The number of aliphatic hydroxyl groups excluding tert-OH is 1. The Labute approximate surface area is 113 Å². The molecule has 0 bridgehead atoms. The number of aliphatic hydroxyl groups is 1. The zero-order valence-corrected chi connectivity index (χ0v) is 11.5. The molecule has 0 radical (unpaired) electrons. The van der Waals surface area contributed by atoms with E-state index >= 15 is 0 Å². The summed E-state index contributed by atoms with van der Waals surface area (Å²) in [6, 6.07) is 10.4. The van der Waals surface area contributed by atoms with Crippen LogP contribution in [0.3, 0.4) is 0 Å². The van der Waals surface area contributed by atoms with Crippen LogP contribution < -0.4 is 4.90 Å². The summed E-state index contributed by atoms with van der Waals surface area (Å²) in [5, 5.41) is 11.0. The van der Waals surface area contributed by atoms with E-state index < -0.39 is 0 Å². The number of hydrogen-bond donors (Lipinski definition) is 1. The Balaban J connectivity index is 2.01. The molecular formula is C16H20N2O. The molecular weight excluding hydrogens is 236 g/mol. The molecule has 2 aromatic rings. The SMILES string of the molecule is Cc1cc(N2CCC(C(C)O)C2)c2ccccc2n1. The third kappa shape index (κ3) is 2.30. The Morgan fingerprint density at radius 3 is 2.89 bits per heavy atom. The third-order valence-electron chi connectivity index (χ3n) is 4.07. The van der Waals surface area contributed by atoms with Crippen molar-refractivity contribution in [3.8, 4) is 0 Å². The second-order valence-electron chi connectivity index (χ2n) is 5.54. The van der Waals surface area contributed by atoms with Crippen molar-refractivity contribution in [3.63, 3.8) is 0 Å². The fraction of sp³-hybridized carbons (Fsp3) is 0.438. The van der Waals surface area contributed by atoms with Crippen molar-refractivity contribution in [2.24, 2.45) is 5.92 Å². The second-order valence-corrected chi connectivity index (χ2v) is 5.54. The van der Waals surface area contributed by atoms with Gasteiger partial charge in [0.15, 0.2) is 0 Å². The summed E-state index contributed by atoms with van der Waals surface area (Å²) >= 11 is 0. The van der Waals surface area contributed by atoms with Gasteiger partial charge in [-0.3, -0.25) is 4.98 Å². The Bertz CT molecular complexity index is 594. The van der Waals surface area contributed by atoms with Crippen molar-refractivity contribution in [1.29, 1.82) is 0 Å². The van der Waals surface area contributed by atoms with Gasteiger partial charge < -0.3 is 10.0 Å². The molecule has 1 fully saturated rings. The molecule has 0 spiro atoms. The summed E-state index contributed by atoms with van der Waals surface area (Å²) in [5.41, 5.74) is 3.36. The molecule has 1 N–H and O–H groups in total. The van der Waals surface area contributed by atoms with Crippen molar-refractivity contribution in [3.05, 3.63) is 36.0 Å². The first-order chi connectivity index (χ1) is 9.15. The normalized spacial score (nSPS) is 21.0. The van der Waals surface area contributed by atoms with E-state index in [-0.39, 0.29) is 6.10 Å². The molecule has 100 valence electrons. The van der Waals surface area contributed by atoms with Crippen LogP contribution in [0.15, 0.2) is 30.3 Å². The van der Waals surface area contributed by atoms with Crippen molar-refractivity contribution in [2.75, 3.05) is 18.0 Å². The zero-order chi connectivity index (χ0) is 13.4. The zero-order valence-electron chi connectivity index (χ0n) is 11.5. The molecule has 1 aromatic heterocycles. The Hall–Kier alpha value is -1.61. The van der Waals surface area contributed by atoms with Crippen LogP contribution in [0.25, 0.3) is 10.9 Å². The topological polar surface area (TPSA) is 36.4 Å². The van der Waals surface area contributed by atoms with Crippen molar-refractivity contribution in [1.82, 2.24) is 4.98 Å². The van der Waals surface area contributed by atoms with Crippen LogP contribution in [0.1, 0.15) is 19.0 Å². The molecule has 2 atom stereocenters. The van der Waals surface area contributed by atoms with Crippen LogP contribution in [-0.2, 0) is 0 Å². The lowest BCUT2D eigenvalue weighted by atomic mass is 10.0. The number of hydrogen-bond acceptors (Lipinski definition) is 3. The minimum Gasteiger partial charge on any atom is -0.393 e. The number of aryl methyl sites for hydroxylation is 1. The number of rotatable bonds is 2. The number of benzene rings is 1. The maximum atomic E-state index is 9.75. The number of para-hydroxylation sites is 1. The fourth-order valence-corrected chi connectivity index (χ4v) is 2.95. The van der Waals surface area contributed by atoms with Gasteiger partial charge in [-0.25, -0.2) is 0 Å². The van der Waals surface area contributed by atoms with E-state index in [4.69, 9.17) is 0 Å². The van der Waals surface area contributed by atoms with Crippen LogP contribution in [-0.4, -0.2) is 29.3 Å². The molecule has 0 aliphatic carbocycles. The Morgan fingerprint density at radius 2 is 2.16 bits per heavy atom. The molecule has 2 unspecified atom stereocenters. The van der Waals surface area contributed by atoms with E-state index in [1.54, 1.807) is 0 Å². The maximum Gasteiger partial charge on any atom is 0.0726 e. The number of anilines is 1. The van der Waals surface area contributed by atoms with E-state index in [1.807, 2.05) is 19.9 Å². The van der Waals surface area contributed by atoms with E-state index in [1.165, 1.54) is 11.1 Å². The van der Waals surface area contributed by atoms with Gasteiger partial charge in [-0.1, -0.05) is 18.2 Å². The van der Waals surface area contributed by atoms with Gasteiger partial charge in [0.1, 0.15) is 0 Å². The van der Waals surface area contributed by atoms with E-state index in [9.17, 15) is 5.11 Å². The maximum absolute atomic E-state index is 9.75. The smallest absolute Gasteiger partial charge is 0.0726 e. The average molecular weight is 256 g/mol. The van der Waals surface area contributed by atoms with Crippen LogP contribution in [0.5, 0.6) is 0 Å². The number of pyridine rings is 1. The summed E-state index contributed by atoms with van der Waals surface area (Å²) in [7, 11) is 0. The van der Waals surface area contributed by atoms with Gasteiger partial charge in [-0.15, -0.1) is 0 Å². The Kier molecular flexibility index (Phi) is 3.15. The first-order valence-corrected chi connectivity index (χ1v) is 6.94. The van der Waals surface area contributed by atoms with Gasteiger partial charge in [0, 0.05) is 35.8 Å². The molecule has 1 aliphatic heterocycles. The van der Waals surface area contributed by atoms with Crippen LogP contribution in [0, 0.1) is 12.8 Å². The molecule has 3 nitrogen and oxygen atoms in total. The highest BCUT2D eigenvalue weighted by Gasteiger charge is 2.27. The standard InChI is InChI=1S/C16H20N2O/c1-11-9-16(14-5-3-4-6-15(14)17-11)18-8-7-13(10-18)12(2)19/h3-6,9,12-13,19H,7-8,10H2,1-2H3. The third-order valence-corrected chi connectivity index (χ3v) is 4.07. The predicted octanol–water partition coefficient (Wildman–Crippen LogP) is 2.75. The molecule has 1 aliphatic rings. The first kappa shape index (κ1) is 12.4. The Morgan fingerprint density at radius 1 is 1.37 bits per heavy atom. The highest BCUT2D eigenvalue weighted by Crippen LogP contribution is 2.31. The van der Waals surface area contributed by atoms with Crippen LogP contribution in [0.4, 0.5) is 5.69 Å². The molecule has 3 rings (SSSR count). The van der Waals surface area contributed by atoms with Crippen molar-refractivity contribution in [2.45, 2.75) is 26.4 Å². The van der Waals surface area contributed by atoms with E-state index in [0.717, 1.165) is 30.7 Å². The molecule has 2 heterocycles. The summed E-state index contributed by atoms with van der Waals surface area (Å²) < 4.78 is 0. The molecule has 0 saturated carbocycles. The summed E-state index contributed by atoms with van der Waals surface area (Å²) in [4.78, 5) is 6.97. The highest BCUT2D eigenvalue weighted by atomic mass is 16.3. The quantitative estimate of drug-likeness (QED) is 0.897. The average Bonchev–Trinajstić information content (AvgIpc) is 2.87. The largest absolute Gasteiger partial charge is 0.393 e.